The lowest BCUT2D eigenvalue weighted by Crippen LogP contribution is -2.37. The molecule has 6 nitrogen and oxygen atoms in total. The van der Waals surface area contributed by atoms with Gasteiger partial charge in [-0.25, -0.2) is 0 Å². The zero-order valence-corrected chi connectivity index (χ0v) is 16.1. The quantitative estimate of drug-likeness (QED) is 0.465. The van der Waals surface area contributed by atoms with Gasteiger partial charge in [0.2, 0.25) is 0 Å². The van der Waals surface area contributed by atoms with E-state index in [0.29, 0.717) is 18.8 Å². The van der Waals surface area contributed by atoms with Crippen molar-refractivity contribution in [2.75, 3.05) is 26.7 Å². The number of carbonyl (C=O) groups is 1. The van der Waals surface area contributed by atoms with Gasteiger partial charge in [-0.3, -0.25) is 9.79 Å². The molecule has 2 aromatic rings. The lowest BCUT2D eigenvalue weighted by molar-refractivity contribution is -0.122. The van der Waals surface area contributed by atoms with E-state index in [1.165, 1.54) is 4.88 Å². The van der Waals surface area contributed by atoms with Crippen molar-refractivity contribution in [3.63, 3.8) is 0 Å². The number of hydrogen-bond donors (Lipinski definition) is 3. The van der Waals surface area contributed by atoms with Crippen LogP contribution in [-0.4, -0.2) is 38.6 Å². The number of carbonyl (C=O) groups excluding carboxylic acids is 1. The maximum absolute atomic E-state index is 11.5. The minimum Gasteiger partial charge on any atom is -0.484 e. The summed E-state index contributed by atoms with van der Waals surface area (Å²) in [7, 11) is 1.76. The number of aliphatic imine (C=N–C) groups is 1. The minimum absolute atomic E-state index is 0.0245. The number of guanidine groups is 1. The topological polar surface area (TPSA) is 74.8 Å². The third-order valence-electron chi connectivity index (χ3n) is 3.57. The van der Waals surface area contributed by atoms with Crippen molar-refractivity contribution in [2.24, 2.45) is 4.99 Å². The number of amides is 1. The zero-order valence-electron chi connectivity index (χ0n) is 15.2. The highest BCUT2D eigenvalue weighted by Gasteiger charge is 2.03. The van der Waals surface area contributed by atoms with Crippen molar-refractivity contribution in [1.82, 2.24) is 16.0 Å². The fourth-order valence-corrected chi connectivity index (χ4v) is 3.02. The van der Waals surface area contributed by atoms with Crippen LogP contribution in [0.2, 0.25) is 0 Å². The van der Waals surface area contributed by atoms with Crippen LogP contribution >= 0.6 is 11.3 Å². The van der Waals surface area contributed by atoms with E-state index in [-0.39, 0.29) is 12.5 Å². The van der Waals surface area contributed by atoms with Crippen LogP contribution < -0.4 is 20.7 Å². The smallest absolute Gasteiger partial charge is 0.257 e. The summed E-state index contributed by atoms with van der Waals surface area (Å²) in [6, 6.07) is 11.9. The van der Waals surface area contributed by atoms with Crippen molar-refractivity contribution in [1.29, 1.82) is 0 Å². The van der Waals surface area contributed by atoms with Crippen molar-refractivity contribution < 1.29 is 9.53 Å². The summed E-state index contributed by atoms with van der Waals surface area (Å²) >= 11 is 1.76. The molecule has 0 radical (unpaired) electrons. The van der Waals surface area contributed by atoms with Crippen molar-refractivity contribution >= 4 is 23.2 Å². The third-order valence-corrected chi connectivity index (χ3v) is 4.51. The third kappa shape index (κ3) is 7.14. The molecule has 0 saturated carbocycles. The molecule has 2 rings (SSSR count). The fourth-order valence-electron chi connectivity index (χ4n) is 2.31. The number of rotatable bonds is 9. The summed E-state index contributed by atoms with van der Waals surface area (Å²) < 4.78 is 5.52. The van der Waals surface area contributed by atoms with Crippen molar-refractivity contribution in [3.8, 4) is 5.75 Å². The molecule has 0 saturated heterocycles. The molecule has 1 aromatic heterocycles. The van der Waals surface area contributed by atoms with Gasteiger partial charge in [0, 0.05) is 31.6 Å². The van der Waals surface area contributed by atoms with E-state index in [2.05, 4.69) is 38.5 Å². The highest BCUT2D eigenvalue weighted by molar-refractivity contribution is 7.09. The van der Waals surface area contributed by atoms with E-state index < -0.39 is 0 Å². The second kappa shape index (κ2) is 11.1. The molecule has 7 heteroatoms. The number of ether oxygens (including phenoxy) is 1. The Morgan fingerprint density at radius 2 is 2.08 bits per heavy atom. The first-order chi connectivity index (χ1) is 12.7. The number of benzene rings is 1. The fraction of sp³-hybridized carbons (Fsp3) is 0.368. The maximum atomic E-state index is 11.5. The van der Waals surface area contributed by atoms with Crippen LogP contribution in [0.1, 0.15) is 17.4 Å². The Labute approximate surface area is 158 Å². The van der Waals surface area contributed by atoms with Crippen molar-refractivity contribution in [3.05, 3.63) is 52.2 Å². The van der Waals surface area contributed by atoms with Gasteiger partial charge in [-0.2, -0.15) is 0 Å². The molecule has 0 unspecified atom stereocenters. The van der Waals surface area contributed by atoms with E-state index in [1.807, 2.05) is 31.2 Å². The predicted molar refractivity (Wildman–Crippen MR) is 107 cm³/mol. The Morgan fingerprint density at radius 3 is 2.81 bits per heavy atom. The monoisotopic (exact) mass is 374 g/mol. The molecule has 1 aromatic carbocycles. The Kier molecular flexibility index (Phi) is 8.48. The lowest BCUT2D eigenvalue weighted by Gasteiger charge is -2.12. The summed E-state index contributed by atoms with van der Waals surface area (Å²) in [5.74, 6) is 1.32. The maximum Gasteiger partial charge on any atom is 0.257 e. The first-order valence-corrected chi connectivity index (χ1v) is 9.54. The SMILES string of the molecule is CCNC(=O)COc1cccc(CNC(=NC)NCCc2cccs2)c1. The van der Waals surface area contributed by atoms with Gasteiger partial charge >= 0.3 is 0 Å². The summed E-state index contributed by atoms with van der Waals surface area (Å²) in [6.07, 6.45) is 0.974. The molecule has 26 heavy (non-hydrogen) atoms. The molecule has 1 amide bonds. The van der Waals surface area contributed by atoms with Crippen molar-refractivity contribution in [2.45, 2.75) is 19.9 Å². The highest BCUT2D eigenvalue weighted by Crippen LogP contribution is 2.13. The van der Waals surface area contributed by atoms with Gasteiger partial charge in [-0.1, -0.05) is 18.2 Å². The Bertz CT molecular complexity index is 701. The minimum atomic E-state index is -0.119. The van der Waals surface area contributed by atoms with Gasteiger partial charge in [-0.05, 0) is 42.5 Å². The number of nitrogens with zero attached hydrogens (tertiary/aromatic N) is 1. The van der Waals surface area contributed by atoms with Gasteiger partial charge in [0.05, 0.1) is 0 Å². The normalized spacial score (nSPS) is 11.1. The summed E-state index contributed by atoms with van der Waals surface area (Å²) in [4.78, 5) is 17.1. The largest absolute Gasteiger partial charge is 0.484 e. The molecule has 0 bridgehead atoms. The molecule has 0 aliphatic heterocycles. The van der Waals surface area contributed by atoms with Gasteiger partial charge in [0.1, 0.15) is 5.75 Å². The molecule has 3 N–H and O–H groups in total. The van der Waals surface area contributed by atoms with E-state index in [9.17, 15) is 4.79 Å². The van der Waals surface area contributed by atoms with Crippen LogP contribution in [0, 0.1) is 0 Å². The molecule has 1 heterocycles. The summed E-state index contributed by atoms with van der Waals surface area (Å²) in [6.45, 7) is 3.96. The van der Waals surface area contributed by atoms with E-state index >= 15 is 0 Å². The molecule has 0 aliphatic carbocycles. The number of likely N-dealkylation sites (N-methyl/N-ethyl adjacent to an activating group) is 1. The Hall–Kier alpha value is -2.54. The second-order valence-corrected chi connectivity index (χ2v) is 6.60. The molecule has 0 aliphatic rings. The van der Waals surface area contributed by atoms with E-state index in [4.69, 9.17) is 4.74 Å². The average Bonchev–Trinajstić information content (AvgIpc) is 3.17. The molecule has 140 valence electrons. The van der Waals surface area contributed by atoms with Gasteiger partial charge in [-0.15, -0.1) is 11.3 Å². The predicted octanol–water partition coefficient (Wildman–Crippen LogP) is 2.17. The van der Waals surface area contributed by atoms with Crippen LogP contribution in [0.15, 0.2) is 46.8 Å². The standard InChI is InChI=1S/C19H26N4O2S/c1-3-21-18(24)14-25-16-7-4-6-15(12-16)13-23-19(20-2)22-10-9-17-8-5-11-26-17/h4-8,11-12H,3,9-10,13-14H2,1-2H3,(H,21,24)(H2,20,22,23). The first kappa shape index (κ1) is 19.8. The molecule has 0 spiro atoms. The van der Waals surface area contributed by atoms with Crippen LogP contribution in [0.4, 0.5) is 0 Å². The highest BCUT2D eigenvalue weighted by atomic mass is 32.1. The Morgan fingerprint density at radius 1 is 1.19 bits per heavy atom. The van der Waals surface area contributed by atoms with Crippen LogP contribution in [0.5, 0.6) is 5.75 Å². The molecular formula is C19H26N4O2S. The Balaban J connectivity index is 1.76. The lowest BCUT2D eigenvalue weighted by atomic mass is 10.2. The molecule has 0 atom stereocenters. The summed E-state index contributed by atoms with van der Waals surface area (Å²) in [5.41, 5.74) is 1.06. The van der Waals surface area contributed by atoms with Crippen LogP contribution in [0.3, 0.4) is 0 Å². The second-order valence-electron chi connectivity index (χ2n) is 5.57. The number of thiophene rings is 1. The van der Waals surface area contributed by atoms with E-state index in [1.54, 1.807) is 18.4 Å². The van der Waals surface area contributed by atoms with Gasteiger partial charge < -0.3 is 20.7 Å². The molecule has 0 fully saturated rings. The average molecular weight is 375 g/mol. The molecular weight excluding hydrogens is 348 g/mol. The van der Waals surface area contributed by atoms with Gasteiger partial charge in [0.25, 0.3) is 5.91 Å². The number of hydrogen-bond acceptors (Lipinski definition) is 4. The zero-order chi connectivity index (χ0) is 18.6. The van der Waals surface area contributed by atoms with Crippen LogP contribution in [0.25, 0.3) is 0 Å². The first-order valence-electron chi connectivity index (χ1n) is 8.66. The van der Waals surface area contributed by atoms with E-state index in [0.717, 1.165) is 24.5 Å². The van der Waals surface area contributed by atoms with Gasteiger partial charge in [0.15, 0.2) is 12.6 Å². The number of nitrogens with one attached hydrogen (secondary N) is 3. The van der Waals surface area contributed by atoms with Crippen LogP contribution in [-0.2, 0) is 17.8 Å². The summed E-state index contributed by atoms with van der Waals surface area (Å²) in [5, 5.41) is 11.4.